The monoisotopic (exact) mass is 515 g/mol. The fourth-order valence-electron chi connectivity index (χ4n) is 4.53. The van der Waals surface area contributed by atoms with E-state index in [9.17, 15) is 29.1 Å². The van der Waals surface area contributed by atoms with Crippen LogP contribution in [0.1, 0.15) is 38.7 Å². The minimum absolute atomic E-state index is 0.244. The Labute approximate surface area is 213 Å². The fraction of sp³-hybridized carbons (Fsp3) is 0.480. The molecule has 0 saturated carbocycles. The van der Waals surface area contributed by atoms with Gasteiger partial charge in [-0.3, -0.25) is 19.2 Å². The van der Waals surface area contributed by atoms with Crippen LogP contribution in [0.2, 0.25) is 0 Å². The lowest BCUT2D eigenvalue weighted by Crippen LogP contribution is -2.58. The van der Waals surface area contributed by atoms with Crippen molar-refractivity contribution in [3.05, 3.63) is 36.0 Å². The van der Waals surface area contributed by atoms with Crippen molar-refractivity contribution in [2.24, 2.45) is 11.7 Å². The maximum atomic E-state index is 13.4. The average Bonchev–Trinajstić information content (AvgIpc) is 3.48. The highest BCUT2D eigenvalue weighted by molar-refractivity contribution is 5.95. The predicted octanol–water partition coefficient (Wildman–Crippen LogP) is 0.214. The summed E-state index contributed by atoms with van der Waals surface area (Å²) < 4.78 is 0. The highest BCUT2D eigenvalue weighted by Gasteiger charge is 2.40. The van der Waals surface area contributed by atoms with Gasteiger partial charge in [-0.1, -0.05) is 32.0 Å². The molecule has 0 bridgehead atoms. The molecule has 0 aliphatic carbocycles. The minimum atomic E-state index is -1.62. The van der Waals surface area contributed by atoms with Crippen molar-refractivity contribution in [1.29, 1.82) is 0 Å². The first-order valence-corrected chi connectivity index (χ1v) is 12.2. The zero-order valence-corrected chi connectivity index (χ0v) is 20.8. The molecule has 2 aromatic rings. The van der Waals surface area contributed by atoms with E-state index in [1.807, 2.05) is 24.3 Å². The lowest BCUT2D eigenvalue weighted by atomic mass is 10.00. The first-order chi connectivity index (χ1) is 17.5. The Morgan fingerprint density at radius 2 is 1.84 bits per heavy atom. The molecule has 7 N–H and O–H groups in total. The lowest BCUT2D eigenvalue weighted by molar-refractivity contribution is -0.148. The molecule has 12 nitrogen and oxygen atoms in total. The second kappa shape index (κ2) is 11.9. The van der Waals surface area contributed by atoms with Gasteiger partial charge in [0.25, 0.3) is 0 Å². The Morgan fingerprint density at radius 3 is 2.49 bits per heavy atom. The Morgan fingerprint density at radius 1 is 1.14 bits per heavy atom. The summed E-state index contributed by atoms with van der Waals surface area (Å²) in [4.78, 5) is 65.9. The molecule has 3 rings (SSSR count). The minimum Gasteiger partial charge on any atom is -0.481 e. The van der Waals surface area contributed by atoms with E-state index in [0.717, 1.165) is 16.5 Å². The molecule has 1 aromatic heterocycles. The Hall–Kier alpha value is -3.93. The van der Waals surface area contributed by atoms with Gasteiger partial charge in [0.2, 0.25) is 17.7 Å². The number of carbonyl (C=O) groups excluding carboxylic acids is 3. The number of amides is 3. The van der Waals surface area contributed by atoms with Crippen LogP contribution in [-0.2, 0) is 30.4 Å². The normalized spacial score (nSPS) is 17.8. The third kappa shape index (κ3) is 6.64. The molecule has 12 heteroatoms. The van der Waals surface area contributed by atoms with Crippen molar-refractivity contribution < 1.29 is 34.2 Å². The van der Waals surface area contributed by atoms with Gasteiger partial charge in [0.1, 0.15) is 18.1 Å². The van der Waals surface area contributed by atoms with Gasteiger partial charge in [-0.25, -0.2) is 4.79 Å². The molecule has 37 heavy (non-hydrogen) atoms. The molecule has 3 amide bonds. The number of hydrogen-bond acceptors (Lipinski definition) is 6. The molecular weight excluding hydrogens is 482 g/mol. The lowest BCUT2D eigenvalue weighted by Gasteiger charge is -2.31. The Balaban J connectivity index is 1.68. The summed E-state index contributed by atoms with van der Waals surface area (Å²) in [5.74, 6) is -4.92. The zero-order chi connectivity index (χ0) is 27.3. The van der Waals surface area contributed by atoms with Gasteiger partial charge in [-0.15, -0.1) is 0 Å². The highest BCUT2D eigenvalue weighted by Crippen LogP contribution is 2.22. The number of aromatic nitrogens is 1. The fourth-order valence-corrected chi connectivity index (χ4v) is 4.53. The predicted molar refractivity (Wildman–Crippen MR) is 133 cm³/mol. The molecule has 200 valence electrons. The van der Waals surface area contributed by atoms with Crippen LogP contribution < -0.4 is 16.4 Å². The molecule has 1 aliphatic heterocycles. The van der Waals surface area contributed by atoms with E-state index in [1.165, 1.54) is 4.90 Å². The number of carboxylic acids is 2. The zero-order valence-electron chi connectivity index (χ0n) is 20.8. The van der Waals surface area contributed by atoms with Gasteiger partial charge in [0.05, 0.1) is 12.5 Å². The van der Waals surface area contributed by atoms with E-state index in [2.05, 4.69) is 15.6 Å². The van der Waals surface area contributed by atoms with E-state index in [1.54, 1.807) is 20.0 Å². The summed E-state index contributed by atoms with van der Waals surface area (Å²) in [5.41, 5.74) is 7.98. The molecule has 1 saturated heterocycles. The van der Waals surface area contributed by atoms with Crippen molar-refractivity contribution in [2.75, 3.05) is 6.54 Å². The van der Waals surface area contributed by atoms with Crippen LogP contribution in [-0.4, -0.2) is 80.5 Å². The van der Waals surface area contributed by atoms with Crippen LogP contribution in [0.4, 0.5) is 0 Å². The smallest absolute Gasteiger partial charge is 0.326 e. The number of para-hydroxylation sites is 1. The number of hydrogen-bond donors (Lipinski definition) is 6. The van der Waals surface area contributed by atoms with Gasteiger partial charge in [0.15, 0.2) is 0 Å². The third-order valence-electron chi connectivity index (χ3n) is 6.51. The number of fused-ring (bicyclic) bond motifs is 1. The number of benzene rings is 1. The number of likely N-dealkylation sites (tertiary alicyclic amines) is 1. The van der Waals surface area contributed by atoms with E-state index < -0.39 is 60.2 Å². The van der Waals surface area contributed by atoms with Crippen molar-refractivity contribution >= 4 is 40.6 Å². The molecule has 2 heterocycles. The SMILES string of the molecule is CC(C)C(NC(=O)C(N)Cc1c[nH]c2ccccc12)C(=O)N1CCCC1C(=O)NC(CC(=O)O)C(=O)O. The molecule has 0 radical (unpaired) electrons. The largest absolute Gasteiger partial charge is 0.481 e. The van der Waals surface area contributed by atoms with Crippen LogP contribution in [0.25, 0.3) is 10.9 Å². The number of nitrogens with zero attached hydrogens (tertiary/aromatic N) is 1. The van der Waals surface area contributed by atoms with E-state index in [0.29, 0.717) is 6.42 Å². The maximum Gasteiger partial charge on any atom is 0.326 e. The summed E-state index contributed by atoms with van der Waals surface area (Å²) in [6.45, 7) is 3.76. The number of carboxylic acid groups (broad SMARTS) is 2. The topological polar surface area (TPSA) is 195 Å². The average molecular weight is 516 g/mol. The van der Waals surface area contributed by atoms with Crippen LogP contribution >= 0.6 is 0 Å². The number of nitrogens with two attached hydrogens (primary N) is 1. The quantitative estimate of drug-likeness (QED) is 0.244. The van der Waals surface area contributed by atoms with Crippen molar-refractivity contribution in [3.63, 3.8) is 0 Å². The first-order valence-electron chi connectivity index (χ1n) is 12.2. The maximum absolute atomic E-state index is 13.4. The van der Waals surface area contributed by atoms with Crippen molar-refractivity contribution in [2.45, 2.75) is 63.7 Å². The van der Waals surface area contributed by atoms with Crippen LogP contribution in [0.15, 0.2) is 30.5 Å². The number of nitrogens with one attached hydrogen (secondary N) is 3. The van der Waals surface area contributed by atoms with Crippen LogP contribution in [0.5, 0.6) is 0 Å². The molecular formula is C25H33N5O7. The van der Waals surface area contributed by atoms with Gasteiger partial charge >= 0.3 is 11.9 Å². The summed E-state index contributed by atoms with van der Waals surface area (Å²) in [5, 5.41) is 24.0. The number of rotatable bonds is 11. The van der Waals surface area contributed by atoms with E-state index in [4.69, 9.17) is 10.8 Å². The second-order valence-electron chi connectivity index (χ2n) is 9.59. The van der Waals surface area contributed by atoms with Crippen molar-refractivity contribution in [3.8, 4) is 0 Å². The molecule has 1 fully saturated rings. The number of H-pyrrole nitrogens is 1. The number of aromatic amines is 1. The highest BCUT2D eigenvalue weighted by atomic mass is 16.4. The van der Waals surface area contributed by atoms with E-state index in [-0.39, 0.29) is 25.3 Å². The third-order valence-corrected chi connectivity index (χ3v) is 6.51. The van der Waals surface area contributed by atoms with Crippen LogP contribution in [0.3, 0.4) is 0 Å². The molecule has 1 aliphatic rings. The number of aliphatic carboxylic acids is 2. The standard InChI is InChI=1S/C25H33N5O7/c1-13(2)21(29-22(33)16(26)10-14-12-27-17-7-4-3-6-15(14)17)24(35)30-9-5-8-19(30)23(34)28-18(25(36)37)11-20(31)32/h3-4,6-7,12-13,16,18-19,21,27H,5,8-11,26H2,1-2H3,(H,28,34)(H,29,33)(H,31,32)(H,36,37). The molecule has 1 aromatic carbocycles. The van der Waals surface area contributed by atoms with Gasteiger partial charge in [0, 0.05) is 23.6 Å². The second-order valence-corrected chi connectivity index (χ2v) is 9.59. The van der Waals surface area contributed by atoms with Crippen LogP contribution in [0, 0.1) is 5.92 Å². The summed E-state index contributed by atoms with van der Waals surface area (Å²) in [7, 11) is 0. The molecule has 0 spiro atoms. The summed E-state index contributed by atoms with van der Waals surface area (Å²) in [6.07, 6.45) is 2.05. The van der Waals surface area contributed by atoms with Crippen molar-refractivity contribution in [1.82, 2.24) is 20.5 Å². The Bertz CT molecular complexity index is 1180. The van der Waals surface area contributed by atoms with E-state index >= 15 is 0 Å². The van der Waals surface area contributed by atoms with Gasteiger partial charge < -0.3 is 36.5 Å². The summed E-state index contributed by atoms with van der Waals surface area (Å²) >= 11 is 0. The number of carbonyl (C=O) groups is 5. The molecule has 4 atom stereocenters. The van der Waals surface area contributed by atoms with Gasteiger partial charge in [-0.2, -0.15) is 0 Å². The Kier molecular flexibility index (Phi) is 8.87. The van der Waals surface area contributed by atoms with Gasteiger partial charge in [-0.05, 0) is 36.8 Å². The first kappa shape index (κ1) is 27.7. The molecule has 4 unspecified atom stereocenters. The summed E-state index contributed by atoms with van der Waals surface area (Å²) in [6, 6.07) is 3.17.